The van der Waals surface area contributed by atoms with Gasteiger partial charge in [-0.2, -0.15) is 0 Å². The molecule has 0 aliphatic heterocycles. The van der Waals surface area contributed by atoms with Crippen LogP contribution >= 0.6 is 0 Å². The summed E-state index contributed by atoms with van der Waals surface area (Å²) >= 11 is 0. The van der Waals surface area contributed by atoms with Crippen LogP contribution in [0.3, 0.4) is 0 Å². The first-order valence-corrected chi connectivity index (χ1v) is 7.69. The Morgan fingerprint density at radius 1 is 0.636 bits per heavy atom. The molecule has 4 nitrogen and oxygen atoms in total. The average Bonchev–Trinajstić information content (AvgIpc) is 2.56. The zero-order valence-electron chi connectivity index (χ0n) is 12.7. The molecule has 0 amide bonds. The number of aliphatic hydroxyl groups is 2. The van der Waals surface area contributed by atoms with E-state index in [4.69, 9.17) is 0 Å². The summed E-state index contributed by atoms with van der Waals surface area (Å²) in [5.41, 5.74) is 2.05. The minimum absolute atomic E-state index is 0.515. The third-order valence-electron chi connectivity index (χ3n) is 3.53. The van der Waals surface area contributed by atoms with Crippen LogP contribution in [0.25, 0.3) is 0 Å². The monoisotopic (exact) mass is 300 g/mol. The van der Waals surface area contributed by atoms with Crippen molar-refractivity contribution in [3.05, 3.63) is 60.7 Å². The Labute approximate surface area is 131 Å². The fourth-order valence-electron chi connectivity index (χ4n) is 2.23. The molecule has 0 aliphatic rings. The second-order valence-electron chi connectivity index (χ2n) is 5.30. The van der Waals surface area contributed by atoms with E-state index < -0.39 is 12.2 Å². The van der Waals surface area contributed by atoms with Crippen molar-refractivity contribution in [1.29, 1.82) is 0 Å². The van der Waals surface area contributed by atoms with Gasteiger partial charge in [-0.25, -0.2) is 0 Å². The van der Waals surface area contributed by atoms with Gasteiger partial charge in [-0.1, -0.05) is 36.4 Å². The fourth-order valence-corrected chi connectivity index (χ4v) is 2.23. The molecule has 2 rings (SSSR count). The predicted molar refractivity (Wildman–Crippen MR) is 91.1 cm³/mol. The van der Waals surface area contributed by atoms with Gasteiger partial charge in [0.2, 0.25) is 0 Å². The first-order valence-electron chi connectivity index (χ1n) is 7.69. The van der Waals surface area contributed by atoms with Crippen LogP contribution in [0.1, 0.15) is 12.8 Å². The number of para-hydroxylation sites is 2. The molecule has 4 N–H and O–H groups in total. The van der Waals surface area contributed by atoms with Crippen LogP contribution in [0, 0.1) is 0 Å². The Morgan fingerprint density at radius 2 is 1.00 bits per heavy atom. The summed E-state index contributed by atoms with van der Waals surface area (Å²) < 4.78 is 0. The number of hydrogen-bond acceptors (Lipinski definition) is 4. The Hall–Kier alpha value is -2.04. The van der Waals surface area contributed by atoms with E-state index in [1.54, 1.807) is 0 Å². The lowest BCUT2D eigenvalue weighted by atomic mass is 10.1. The molecule has 2 atom stereocenters. The van der Waals surface area contributed by atoms with E-state index in [1.165, 1.54) is 0 Å². The molecular weight excluding hydrogens is 276 g/mol. The van der Waals surface area contributed by atoms with E-state index in [2.05, 4.69) is 10.6 Å². The highest BCUT2D eigenvalue weighted by atomic mass is 16.3. The summed E-state index contributed by atoms with van der Waals surface area (Å²) in [4.78, 5) is 0. The van der Waals surface area contributed by atoms with E-state index in [9.17, 15) is 10.2 Å². The summed E-state index contributed by atoms with van der Waals surface area (Å²) in [7, 11) is 0. The zero-order valence-corrected chi connectivity index (χ0v) is 12.7. The van der Waals surface area contributed by atoms with Gasteiger partial charge in [-0.05, 0) is 37.1 Å². The molecule has 0 radical (unpaired) electrons. The molecule has 0 unspecified atom stereocenters. The van der Waals surface area contributed by atoms with Crippen LogP contribution in [0.5, 0.6) is 0 Å². The highest BCUT2D eigenvalue weighted by Crippen LogP contribution is 2.09. The summed E-state index contributed by atoms with van der Waals surface area (Å²) in [5, 5.41) is 26.4. The van der Waals surface area contributed by atoms with E-state index in [-0.39, 0.29) is 0 Å². The quantitative estimate of drug-likeness (QED) is 0.575. The molecule has 2 aromatic carbocycles. The molecule has 118 valence electrons. The number of aliphatic hydroxyl groups excluding tert-OH is 2. The number of anilines is 2. The fraction of sp³-hybridized carbons (Fsp3) is 0.333. The second-order valence-corrected chi connectivity index (χ2v) is 5.30. The van der Waals surface area contributed by atoms with Crippen molar-refractivity contribution in [2.45, 2.75) is 25.0 Å². The topological polar surface area (TPSA) is 64.5 Å². The van der Waals surface area contributed by atoms with Gasteiger partial charge in [0.05, 0.1) is 12.2 Å². The van der Waals surface area contributed by atoms with E-state index >= 15 is 0 Å². The van der Waals surface area contributed by atoms with Gasteiger partial charge in [0, 0.05) is 24.5 Å². The molecule has 0 saturated heterocycles. The van der Waals surface area contributed by atoms with Gasteiger partial charge in [-0.3, -0.25) is 0 Å². The maximum absolute atomic E-state index is 9.98. The lowest BCUT2D eigenvalue weighted by Crippen LogP contribution is -2.30. The minimum Gasteiger partial charge on any atom is -0.390 e. The largest absolute Gasteiger partial charge is 0.390 e. The standard InChI is InChI=1S/C18H24N2O2/c21-17(11-13-19-15-7-3-1-4-8-15)18(22)12-14-20-16-9-5-2-6-10-16/h1-10,17-22H,11-14H2/t17-,18-/m0/s1. The lowest BCUT2D eigenvalue weighted by Gasteiger charge is -2.18. The predicted octanol–water partition coefficient (Wildman–Crippen LogP) is 2.71. The Morgan fingerprint density at radius 3 is 1.36 bits per heavy atom. The number of nitrogens with one attached hydrogen (secondary N) is 2. The van der Waals surface area contributed by atoms with Crippen LogP contribution in [0.2, 0.25) is 0 Å². The molecule has 0 aliphatic carbocycles. The molecular formula is C18H24N2O2. The van der Waals surface area contributed by atoms with E-state index in [1.807, 2.05) is 60.7 Å². The average molecular weight is 300 g/mol. The third kappa shape index (κ3) is 5.76. The number of rotatable bonds is 9. The van der Waals surface area contributed by atoms with Crippen LogP contribution in [-0.2, 0) is 0 Å². The Bertz CT molecular complexity index is 470. The molecule has 0 saturated carbocycles. The SMILES string of the molecule is O[C@@H](CCNc1ccccc1)[C@@H](O)CCNc1ccccc1. The molecule has 0 aromatic heterocycles. The van der Waals surface area contributed by atoms with Crippen LogP contribution in [-0.4, -0.2) is 35.5 Å². The molecule has 0 spiro atoms. The van der Waals surface area contributed by atoms with Gasteiger partial charge < -0.3 is 20.8 Å². The maximum atomic E-state index is 9.98. The van der Waals surface area contributed by atoms with Crippen molar-refractivity contribution in [3.63, 3.8) is 0 Å². The van der Waals surface area contributed by atoms with Gasteiger partial charge >= 0.3 is 0 Å². The minimum atomic E-state index is -0.714. The van der Waals surface area contributed by atoms with Crippen molar-refractivity contribution >= 4 is 11.4 Å². The molecule has 0 fully saturated rings. The Kier molecular flexibility index (Phi) is 6.74. The van der Waals surface area contributed by atoms with Crippen molar-refractivity contribution in [2.75, 3.05) is 23.7 Å². The summed E-state index contributed by atoms with van der Waals surface area (Å²) in [6.45, 7) is 1.27. The van der Waals surface area contributed by atoms with Gasteiger partial charge in [-0.15, -0.1) is 0 Å². The maximum Gasteiger partial charge on any atom is 0.0816 e. The highest BCUT2D eigenvalue weighted by molar-refractivity contribution is 5.42. The van der Waals surface area contributed by atoms with Crippen molar-refractivity contribution in [1.82, 2.24) is 0 Å². The number of hydrogen-bond donors (Lipinski definition) is 4. The van der Waals surface area contributed by atoms with Crippen molar-refractivity contribution in [2.24, 2.45) is 0 Å². The van der Waals surface area contributed by atoms with E-state index in [0.717, 1.165) is 11.4 Å². The molecule has 4 heteroatoms. The zero-order chi connectivity index (χ0) is 15.6. The molecule has 22 heavy (non-hydrogen) atoms. The smallest absolute Gasteiger partial charge is 0.0816 e. The molecule has 0 bridgehead atoms. The second kappa shape index (κ2) is 9.07. The first-order chi connectivity index (χ1) is 10.8. The van der Waals surface area contributed by atoms with Crippen LogP contribution in [0.4, 0.5) is 11.4 Å². The van der Waals surface area contributed by atoms with Gasteiger partial charge in [0.1, 0.15) is 0 Å². The summed E-state index contributed by atoms with van der Waals surface area (Å²) in [6, 6.07) is 19.7. The van der Waals surface area contributed by atoms with E-state index in [0.29, 0.717) is 25.9 Å². The van der Waals surface area contributed by atoms with Crippen molar-refractivity contribution < 1.29 is 10.2 Å². The number of benzene rings is 2. The van der Waals surface area contributed by atoms with Gasteiger partial charge in [0.25, 0.3) is 0 Å². The highest BCUT2D eigenvalue weighted by Gasteiger charge is 2.15. The summed E-state index contributed by atoms with van der Waals surface area (Å²) in [5.74, 6) is 0. The third-order valence-corrected chi connectivity index (χ3v) is 3.53. The molecule has 0 heterocycles. The molecule has 2 aromatic rings. The lowest BCUT2D eigenvalue weighted by molar-refractivity contribution is 0.0141. The van der Waals surface area contributed by atoms with Crippen LogP contribution < -0.4 is 10.6 Å². The van der Waals surface area contributed by atoms with Gasteiger partial charge in [0.15, 0.2) is 0 Å². The van der Waals surface area contributed by atoms with Crippen molar-refractivity contribution in [3.8, 4) is 0 Å². The summed E-state index contributed by atoms with van der Waals surface area (Å²) in [6.07, 6.45) is -0.398. The van der Waals surface area contributed by atoms with Crippen LogP contribution in [0.15, 0.2) is 60.7 Å². The Balaban J connectivity index is 1.61. The first kappa shape index (κ1) is 16.3. The normalized spacial score (nSPS) is 13.4.